The van der Waals surface area contributed by atoms with Gasteiger partial charge in [-0.3, -0.25) is 9.80 Å². The molecule has 0 aromatic heterocycles. The van der Waals surface area contributed by atoms with Crippen molar-refractivity contribution in [2.75, 3.05) is 0 Å². The van der Waals surface area contributed by atoms with Crippen LogP contribution in [-0.4, -0.2) is 9.80 Å². The topological polar surface area (TPSA) is 6.48 Å². The molecule has 0 bridgehead atoms. The molecule has 0 radical (unpaired) electrons. The lowest BCUT2D eigenvalue weighted by molar-refractivity contribution is -0.000145. The molecule has 0 N–H and O–H groups in total. The zero-order chi connectivity index (χ0) is 39.0. The average Bonchev–Trinajstić information content (AvgIpc) is 3.21. The molecule has 6 aromatic carbocycles. The Morgan fingerprint density at radius 1 is 0.357 bits per heavy atom. The Morgan fingerprint density at radius 3 is 0.839 bits per heavy atom. The van der Waals surface area contributed by atoms with E-state index in [4.69, 9.17) is 23.2 Å². The van der Waals surface area contributed by atoms with E-state index in [9.17, 15) is 0 Å². The summed E-state index contributed by atoms with van der Waals surface area (Å²) in [6, 6.07) is 61.9. The van der Waals surface area contributed by atoms with Gasteiger partial charge in [0.25, 0.3) is 0 Å². The standard InChI is InChI=1S/2C26H28ClN/c2*1-19-17-20(2)26(22-13-7-4-8-14-22)28(18-23-15-9-10-16-24(23)27)25(19)21-11-5-3-6-12-21/h2*3-16,19-20,25-26H,17-18H2,1-2H3/t2*19-,20-,25-,26+/m10/s1. The Bertz CT molecular complexity index is 1830. The third kappa shape index (κ3) is 9.17. The number of hydrogen-bond acceptors (Lipinski definition) is 2. The maximum absolute atomic E-state index is 6.58. The van der Waals surface area contributed by atoms with Gasteiger partial charge < -0.3 is 0 Å². The van der Waals surface area contributed by atoms with E-state index in [0.29, 0.717) is 47.8 Å². The van der Waals surface area contributed by atoms with Crippen LogP contribution in [0.25, 0.3) is 0 Å². The predicted octanol–water partition coefficient (Wildman–Crippen LogP) is 14.6. The molecule has 2 aliphatic rings. The summed E-state index contributed by atoms with van der Waals surface area (Å²) >= 11 is 13.2. The van der Waals surface area contributed by atoms with Gasteiger partial charge in [0.2, 0.25) is 0 Å². The fourth-order valence-corrected chi connectivity index (χ4v) is 10.5. The van der Waals surface area contributed by atoms with Gasteiger partial charge in [0.05, 0.1) is 0 Å². The van der Waals surface area contributed by atoms with Crippen molar-refractivity contribution in [3.63, 3.8) is 0 Å². The number of likely N-dealkylation sites (tertiary alicyclic amines) is 2. The van der Waals surface area contributed by atoms with Gasteiger partial charge in [-0.2, -0.15) is 0 Å². The Morgan fingerprint density at radius 2 is 0.589 bits per heavy atom. The van der Waals surface area contributed by atoms with E-state index >= 15 is 0 Å². The Kier molecular flexibility index (Phi) is 13.5. The van der Waals surface area contributed by atoms with Crippen LogP contribution in [0.1, 0.15) is 98.1 Å². The van der Waals surface area contributed by atoms with E-state index in [1.807, 2.05) is 24.3 Å². The molecule has 2 heterocycles. The Balaban J connectivity index is 0.000000172. The smallest absolute Gasteiger partial charge is 0.0451 e. The molecule has 2 aliphatic heterocycles. The van der Waals surface area contributed by atoms with E-state index in [1.165, 1.54) is 46.2 Å². The number of halogens is 2. The molecule has 2 fully saturated rings. The summed E-state index contributed by atoms with van der Waals surface area (Å²) in [5, 5.41) is 1.71. The average molecular weight is 780 g/mol. The van der Waals surface area contributed by atoms with Crippen LogP contribution in [-0.2, 0) is 13.1 Å². The quantitative estimate of drug-likeness (QED) is 0.152. The van der Waals surface area contributed by atoms with Crippen LogP contribution < -0.4 is 0 Å². The zero-order valence-electron chi connectivity index (χ0n) is 33.3. The first-order valence-corrected chi connectivity index (χ1v) is 21.2. The number of benzene rings is 6. The first-order chi connectivity index (χ1) is 27.3. The minimum absolute atomic E-state index is 0.374. The second-order valence-electron chi connectivity index (χ2n) is 16.3. The lowest BCUT2D eigenvalue weighted by Gasteiger charge is -2.49. The summed E-state index contributed by atoms with van der Waals surface area (Å²) < 4.78 is 0. The Hall–Kier alpha value is -4.18. The van der Waals surface area contributed by atoms with E-state index in [1.54, 1.807) is 0 Å². The van der Waals surface area contributed by atoms with Gasteiger partial charge in [-0.25, -0.2) is 0 Å². The molecule has 0 amide bonds. The molecule has 288 valence electrons. The molecule has 8 rings (SSSR count). The van der Waals surface area contributed by atoms with Crippen LogP contribution in [0.15, 0.2) is 170 Å². The molecule has 56 heavy (non-hydrogen) atoms. The van der Waals surface area contributed by atoms with Gasteiger partial charge in [0, 0.05) is 47.3 Å². The molecule has 2 nitrogen and oxygen atoms in total. The van der Waals surface area contributed by atoms with Gasteiger partial charge in [0.15, 0.2) is 0 Å². The van der Waals surface area contributed by atoms with Crippen molar-refractivity contribution in [2.45, 2.75) is 77.8 Å². The van der Waals surface area contributed by atoms with Crippen molar-refractivity contribution >= 4 is 23.2 Å². The van der Waals surface area contributed by atoms with E-state index in [2.05, 4.69) is 183 Å². The molecule has 6 aromatic rings. The monoisotopic (exact) mass is 778 g/mol. The van der Waals surface area contributed by atoms with Crippen molar-refractivity contribution in [2.24, 2.45) is 23.7 Å². The summed E-state index contributed by atoms with van der Waals surface area (Å²) in [5.74, 6) is 2.33. The van der Waals surface area contributed by atoms with Gasteiger partial charge in [-0.15, -0.1) is 0 Å². The summed E-state index contributed by atoms with van der Waals surface area (Å²) in [4.78, 5) is 5.37. The fourth-order valence-electron chi connectivity index (χ4n) is 10.1. The lowest BCUT2D eigenvalue weighted by atomic mass is 9.75. The highest BCUT2D eigenvalue weighted by Crippen LogP contribution is 2.50. The zero-order valence-corrected chi connectivity index (χ0v) is 34.8. The highest BCUT2D eigenvalue weighted by molar-refractivity contribution is 6.31. The maximum atomic E-state index is 6.58. The largest absolute Gasteiger partial charge is 0.284 e. The highest BCUT2D eigenvalue weighted by atomic mass is 35.5. The van der Waals surface area contributed by atoms with Crippen molar-refractivity contribution in [3.05, 3.63) is 213 Å². The van der Waals surface area contributed by atoms with E-state index < -0.39 is 0 Å². The number of nitrogens with zero attached hydrogens (tertiary/aromatic N) is 2. The van der Waals surface area contributed by atoms with Gasteiger partial charge in [-0.1, -0.05) is 209 Å². The van der Waals surface area contributed by atoms with Gasteiger partial charge in [-0.05, 0) is 82.0 Å². The third-order valence-electron chi connectivity index (χ3n) is 12.3. The van der Waals surface area contributed by atoms with Crippen LogP contribution in [0, 0.1) is 23.7 Å². The number of piperidine rings is 2. The molecular formula is C52H56Cl2N2. The molecule has 0 saturated carbocycles. The summed E-state index contributed by atoms with van der Waals surface area (Å²) in [6.07, 6.45) is 2.44. The first kappa shape index (κ1) is 40.0. The minimum Gasteiger partial charge on any atom is -0.284 e. The van der Waals surface area contributed by atoms with Crippen LogP contribution in [0.4, 0.5) is 0 Å². The van der Waals surface area contributed by atoms with E-state index in [-0.39, 0.29) is 0 Å². The third-order valence-corrected chi connectivity index (χ3v) is 13.0. The maximum Gasteiger partial charge on any atom is 0.0451 e. The summed E-state index contributed by atoms with van der Waals surface area (Å²) in [5.41, 5.74) is 7.99. The van der Waals surface area contributed by atoms with Gasteiger partial charge >= 0.3 is 0 Å². The Labute approximate surface area is 346 Å². The fraction of sp³-hybridized carbons (Fsp3) is 0.308. The molecule has 8 atom stereocenters. The molecular weight excluding hydrogens is 723 g/mol. The van der Waals surface area contributed by atoms with Crippen LogP contribution >= 0.6 is 23.2 Å². The summed E-state index contributed by atoms with van der Waals surface area (Å²) in [7, 11) is 0. The van der Waals surface area contributed by atoms with Crippen molar-refractivity contribution in [1.82, 2.24) is 9.80 Å². The van der Waals surface area contributed by atoms with E-state index in [0.717, 1.165) is 23.1 Å². The second-order valence-corrected chi connectivity index (χ2v) is 17.1. The number of rotatable bonds is 8. The van der Waals surface area contributed by atoms with Crippen molar-refractivity contribution in [3.8, 4) is 0 Å². The van der Waals surface area contributed by atoms with Crippen LogP contribution in [0.2, 0.25) is 10.0 Å². The molecule has 2 saturated heterocycles. The lowest BCUT2D eigenvalue weighted by Crippen LogP contribution is -2.43. The SMILES string of the molecule is C[C@@H]1C[C@@H](C)[C@H](c2ccccc2)N(Cc2ccccc2Cl)[C@@H]1c1ccccc1.C[C@H]1C[C@H](C)[C@H](c2ccccc2)N(Cc2ccccc2Cl)[C@@H]1c1ccccc1. The summed E-state index contributed by atoms with van der Waals surface area (Å²) in [6.45, 7) is 11.3. The molecule has 4 heteroatoms. The first-order valence-electron chi connectivity index (χ1n) is 20.5. The highest BCUT2D eigenvalue weighted by Gasteiger charge is 2.42. The van der Waals surface area contributed by atoms with Gasteiger partial charge in [0.1, 0.15) is 0 Å². The normalized spacial score (nSPS) is 25.5. The molecule has 0 aliphatic carbocycles. The van der Waals surface area contributed by atoms with Crippen molar-refractivity contribution < 1.29 is 0 Å². The minimum atomic E-state index is 0.374. The van der Waals surface area contributed by atoms with Crippen LogP contribution in [0.3, 0.4) is 0 Å². The number of hydrogen-bond donors (Lipinski definition) is 0. The molecule has 0 unspecified atom stereocenters. The van der Waals surface area contributed by atoms with Crippen LogP contribution in [0.5, 0.6) is 0 Å². The second kappa shape index (κ2) is 18.8. The predicted molar refractivity (Wildman–Crippen MR) is 237 cm³/mol. The van der Waals surface area contributed by atoms with Crippen molar-refractivity contribution in [1.29, 1.82) is 0 Å². The molecule has 0 spiro atoms.